The van der Waals surface area contributed by atoms with Gasteiger partial charge in [0.05, 0.1) is 23.7 Å². The third kappa shape index (κ3) is 4.27. The molecule has 2 heterocycles. The van der Waals surface area contributed by atoms with Gasteiger partial charge in [0.25, 0.3) is 0 Å². The first-order valence-electron chi connectivity index (χ1n) is 8.09. The number of hydrogen-bond donors (Lipinski definition) is 1. The molecule has 1 unspecified atom stereocenters. The van der Waals surface area contributed by atoms with Gasteiger partial charge < -0.3 is 19.2 Å². The van der Waals surface area contributed by atoms with E-state index in [0.29, 0.717) is 36.3 Å². The first-order valence-corrected chi connectivity index (χ1v) is 8.47. The Morgan fingerprint density at radius 3 is 2.84 bits per heavy atom. The summed E-state index contributed by atoms with van der Waals surface area (Å²) in [4.78, 5) is 14.3. The zero-order valence-corrected chi connectivity index (χ0v) is 15.0. The smallest absolute Gasteiger partial charge is 0.224 e. The summed E-state index contributed by atoms with van der Waals surface area (Å²) < 4.78 is 16.5. The van der Waals surface area contributed by atoms with Crippen LogP contribution in [0.2, 0.25) is 5.02 Å². The molecule has 1 amide bonds. The average molecular weight is 365 g/mol. The Balaban J connectivity index is 1.62. The maximum atomic E-state index is 12.3. The number of ether oxygens (including phenoxy) is 2. The van der Waals surface area contributed by atoms with E-state index in [1.54, 1.807) is 18.4 Å². The molecule has 0 spiro atoms. The Hall–Kier alpha value is -2.18. The van der Waals surface area contributed by atoms with Crippen LogP contribution in [0.25, 0.3) is 0 Å². The highest BCUT2D eigenvalue weighted by molar-refractivity contribution is 6.32. The molecule has 1 aliphatic heterocycles. The van der Waals surface area contributed by atoms with Crippen LogP contribution in [0.3, 0.4) is 0 Å². The second-order valence-electron chi connectivity index (χ2n) is 6.08. The number of benzene rings is 1. The van der Waals surface area contributed by atoms with Crippen molar-refractivity contribution in [1.82, 2.24) is 10.2 Å². The van der Waals surface area contributed by atoms with Crippen LogP contribution in [0.1, 0.15) is 17.4 Å². The zero-order chi connectivity index (χ0) is 17.8. The van der Waals surface area contributed by atoms with E-state index >= 15 is 0 Å². The molecule has 25 heavy (non-hydrogen) atoms. The van der Waals surface area contributed by atoms with Crippen molar-refractivity contribution in [3.8, 4) is 11.5 Å². The quantitative estimate of drug-likeness (QED) is 0.853. The van der Waals surface area contributed by atoms with E-state index in [0.717, 1.165) is 11.3 Å². The Morgan fingerprint density at radius 1 is 1.32 bits per heavy atom. The standard InChI is InChI=1S/C18H21ClN2O4/c1-21(2)14(15-4-3-5-23-15)11-20-17(22)10-12-8-13(19)18-16(9-12)24-6-7-25-18/h3-5,8-9,14H,6-7,10-11H2,1-2H3,(H,20,22). The third-order valence-electron chi connectivity index (χ3n) is 4.01. The number of carbonyl (C=O) groups is 1. The summed E-state index contributed by atoms with van der Waals surface area (Å²) in [6.45, 7) is 1.41. The van der Waals surface area contributed by atoms with E-state index in [1.165, 1.54) is 0 Å². The van der Waals surface area contributed by atoms with Crippen LogP contribution in [0.5, 0.6) is 11.5 Å². The molecule has 1 atom stereocenters. The van der Waals surface area contributed by atoms with E-state index in [-0.39, 0.29) is 18.4 Å². The van der Waals surface area contributed by atoms with E-state index in [1.807, 2.05) is 31.1 Å². The Kier molecular flexibility index (Phi) is 5.50. The topological polar surface area (TPSA) is 63.9 Å². The lowest BCUT2D eigenvalue weighted by molar-refractivity contribution is -0.120. The molecule has 0 saturated heterocycles. The highest BCUT2D eigenvalue weighted by atomic mass is 35.5. The first-order chi connectivity index (χ1) is 12.0. The fourth-order valence-electron chi connectivity index (χ4n) is 2.74. The van der Waals surface area contributed by atoms with Crippen LogP contribution >= 0.6 is 11.6 Å². The highest BCUT2D eigenvalue weighted by Crippen LogP contribution is 2.38. The lowest BCUT2D eigenvalue weighted by Crippen LogP contribution is -2.35. The SMILES string of the molecule is CN(C)C(CNC(=O)Cc1cc(Cl)c2c(c1)OCCO2)c1ccco1. The summed E-state index contributed by atoms with van der Waals surface area (Å²) in [5.41, 5.74) is 0.783. The monoisotopic (exact) mass is 364 g/mol. The second kappa shape index (κ2) is 7.80. The van der Waals surface area contributed by atoms with Crippen molar-refractivity contribution in [3.63, 3.8) is 0 Å². The van der Waals surface area contributed by atoms with Crippen LogP contribution in [-0.4, -0.2) is 44.7 Å². The fourth-order valence-corrected chi connectivity index (χ4v) is 3.03. The van der Waals surface area contributed by atoms with Gasteiger partial charge in [-0.15, -0.1) is 0 Å². The number of nitrogens with zero attached hydrogens (tertiary/aromatic N) is 1. The molecule has 7 heteroatoms. The van der Waals surface area contributed by atoms with E-state index < -0.39 is 0 Å². The largest absolute Gasteiger partial charge is 0.486 e. The molecular formula is C18H21ClN2O4. The minimum absolute atomic E-state index is 0.0252. The van der Waals surface area contributed by atoms with Gasteiger partial charge in [-0.05, 0) is 43.9 Å². The van der Waals surface area contributed by atoms with Crippen molar-refractivity contribution >= 4 is 17.5 Å². The van der Waals surface area contributed by atoms with Crippen molar-refractivity contribution < 1.29 is 18.7 Å². The van der Waals surface area contributed by atoms with Gasteiger partial charge in [-0.1, -0.05) is 11.6 Å². The van der Waals surface area contributed by atoms with Gasteiger partial charge in [0.2, 0.25) is 5.91 Å². The molecule has 1 N–H and O–H groups in total. The number of furan rings is 1. The molecule has 1 aromatic carbocycles. The maximum absolute atomic E-state index is 12.3. The molecule has 3 rings (SSSR count). The summed E-state index contributed by atoms with van der Waals surface area (Å²) in [6.07, 6.45) is 1.85. The molecular weight excluding hydrogens is 344 g/mol. The van der Waals surface area contributed by atoms with Crippen molar-refractivity contribution in [1.29, 1.82) is 0 Å². The highest BCUT2D eigenvalue weighted by Gasteiger charge is 2.20. The summed E-state index contributed by atoms with van der Waals surface area (Å²) in [7, 11) is 3.89. The van der Waals surface area contributed by atoms with Crippen LogP contribution in [0.4, 0.5) is 0 Å². The van der Waals surface area contributed by atoms with E-state index in [4.69, 9.17) is 25.5 Å². The first kappa shape index (κ1) is 17.6. The predicted molar refractivity (Wildman–Crippen MR) is 94.3 cm³/mol. The van der Waals surface area contributed by atoms with Crippen LogP contribution in [-0.2, 0) is 11.2 Å². The van der Waals surface area contributed by atoms with Crippen LogP contribution < -0.4 is 14.8 Å². The predicted octanol–water partition coefficient (Wildman–Crippen LogP) is 2.67. The minimum Gasteiger partial charge on any atom is -0.486 e. The van der Waals surface area contributed by atoms with Gasteiger partial charge >= 0.3 is 0 Å². The summed E-state index contributed by atoms with van der Waals surface area (Å²) in [5.74, 6) is 1.85. The maximum Gasteiger partial charge on any atom is 0.224 e. The van der Waals surface area contributed by atoms with Crippen LogP contribution in [0, 0.1) is 0 Å². The molecule has 1 aromatic heterocycles. The Bertz CT molecular complexity index is 731. The normalized spacial score (nSPS) is 14.4. The van der Waals surface area contributed by atoms with Crippen molar-refractivity contribution in [2.75, 3.05) is 33.9 Å². The molecule has 0 radical (unpaired) electrons. The van der Waals surface area contributed by atoms with Crippen LogP contribution in [0.15, 0.2) is 34.9 Å². The van der Waals surface area contributed by atoms with Gasteiger partial charge in [-0.25, -0.2) is 0 Å². The molecule has 6 nitrogen and oxygen atoms in total. The molecule has 2 aromatic rings. The number of rotatable bonds is 6. The molecule has 0 aliphatic carbocycles. The summed E-state index contributed by atoms with van der Waals surface area (Å²) >= 11 is 6.21. The third-order valence-corrected chi connectivity index (χ3v) is 4.29. The number of nitrogens with one attached hydrogen (secondary N) is 1. The summed E-state index contributed by atoms with van der Waals surface area (Å²) in [5, 5.41) is 3.40. The van der Waals surface area contributed by atoms with Gasteiger partial charge in [0, 0.05) is 6.54 Å². The molecule has 0 bridgehead atoms. The van der Waals surface area contributed by atoms with E-state index in [9.17, 15) is 4.79 Å². The lowest BCUT2D eigenvalue weighted by atomic mass is 10.1. The van der Waals surface area contributed by atoms with Gasteiger partial charge in [-0.2, -0.15) is 0 Å². The van der Waals surface area contributed by atoms with Crippen molar-refractivity contribution in [2.24, 2.45) is 0 Å². The van der Waals surface area contributed by atoms with Crippen molar-refractivity contribution in [3.05, 3.63) is 46.9 Å². The number of carbonyl (C=O) groups excluding carboxylic acids is 1. The number of halogens is 1. The van der Waals surface area contributed by atoms with Gasteiger partial charge in [0.15, 0.2) is 11.5 Å². The Labute approximate surface area is 151 Å². The van der Waals surface area contributed by atoms with Gasteiger partial charge in [0.1, 0.15) is 19.0 Å². The zero-order valence-electron chi connectivity index (χ0n) is 14.3. The number of amides is 1. The van der Waals surface area contributed by atoms with E-state index in [2.05, 4.69) is 5.32 Å². The average Bonchev–Trinajstić information content (AvgIpc) is 3.09. The van der Waals surface area contributed by atoms with Gasteiger partial charge in [-0.3, -0.25) is 9.69 Å². The number of likely N-dealkylation sites (N-methyl/N-ethyl adjacent to an activating group) is 1. The number of fused-ring (bicyclic) bond motifs is 1. The Morgan fingerprint density at radius 2 is 2.12 bits per heavy atom. The van der Waals surface area contributed by atoms with Crippen molar-refractivity contribution in [2.45, 2.75) is 12.5 Å². The second-order valence-corrected chi connectivity index (χ2v) is 6.48. The lowest BCUT2D eigenvalue weighted by Gasteiger charge is -2.23. The molecule has 0 fully saturated rings. The fraction of sp³-hybridized carbons (Fsp3) is 0.389. The molecule has 1 aliphatic rings. The summed E-state index contributed by atoms with van der Waals surface area (Å²) in [6, 6.07) is 7.26. The minimum atomic E-state index is -0.0915. The molecule has 134 valence electrons. The molecule has 0 saturated carbocycles. The number of hydrogen-bond acceptors (Lipinski definition) is 5.